The standard InChI is InChI=1S/C19H16Cl2N2O3/c1-11(18(24)22-10-12-6-2-4-8-14(12)20)26-19(25)17-16(21)13-7-3-5-9-15(13)23-17/h2-9,11,23H,10H2,1H3,(H,22,24). The zero-order valence-corrected chi connectivity index (χ0v) is 15.4. The fraction of sp³-hybridized carbons (Fsp3) is 0.158. The van der Waals surface area contributed by atoms with Crippen molar-refractivity contribution in [2.45, 2.75) is 19.6 Å². The van der Waals surface area contributed by atoms with Crippen LogP contribution in [0.1, 0.15) is 23.0 Å². The summed E-state index contributed by atoms with van der Waals surface area (Å²) in [6.07, 6.45) is -0.979. The Morgan fingerprint density at radius 1 is 1.12 bits per heavy atom. The first-order valence-electron chi connectivity index (χ1n) is 7.95. The van der Waals surface area contributed by atoms with Crippen LogP contribution in [0.5, 0.6) is 0 Å². The van der Waals surface area contributed by atoms with E-state index in [2.05, 4.69) is 10.3 Å². The third-order valence-electron chi connectivity index (χ3n) is 3.91. The van der Waals surface area contributed by atoms with E-state index in [0.717, 1.165) is 16.5 Å². The Balaban J connectivity index is 1.64. The van der Waals surface area contributed by atoms with Crippen molar-refractivity contribution in [1.29, 1.82) is 0 Å². The van der Waals surface area contributed by atoms with E-state index in [-0.39, 0.29) is 17.3 Å². The summed E-state index contributed by atoms with van der Waals surface area (Å²) in [6, 6.07) is 14.4. The second-order valence-corrected chi connectivity index (χ2v) is 6.50. The second-order valence-electron chi connectivity index (χ2n) is 5.72. The molecule has 1 unspecified atom stereocenters. The molecule has 1 atom stereocenters. The Kier molecular flexibility index (Phi) is 5.49. The number of carbonyl (C=O) groups excluding carboxylic acids is 2. The molecule has 1 aromatic heterocycles. The van der Waals surface area contributed by atoms with Gasteiger partial charge < -0.3 is 15.0 Å². The lowest BCUT2D eigenvalue weighted by Crippen LogP contribution is -2.35. The van der Waals surface area contributed by atoms with Crippen LogP contribution >= 0.6 is 23.2 Å². The smallest absolute Gasteiger partial charge is 0.357 e. The van der Waals surface area contributed by atoms with E-state index in [1.807, 2.05) is 30.3 Å². The predicted octanol–water partition coefficient (Wildman–Crippen LogP) is 4.34. The van der Waals surface area contributed by atoms with Crippen molar-refractivity contribution < 1.29 is 14.3 Å². The highest BCUT2D eigenvalue weighted by Crippen LogP contribution is 2.27. The third-order valence-corrected chi connectivity index (χ3v) is 4.67. The van der Waals surface area contributed by atoms with Gasteiger partial charge in [0.15, 0.2) is 6.10 Å². The highest BCUT2D eigenvalue weighted by atomic mass is 35.5. The Labute approximate surface area is 160 Å². The first-order chi connectivity index (χ1) is 12.5. The number of aromatic amines is 1. The molecule has 0 aliphatic rings. The predicted molar refractivity (Wildman–Crippen MR) is 101 cm³/mol. The number of fused-ring (bicyclic) bond motifs is 1. The van der Waals surface area contributed by atoms with Crippen LogP contribution in [0, 0.1) is 0 Å². The number of aromatic nitrogens is 1. The third kappa shape index (κ3) is 3.84. The summed E-state index contributed by atoms with van der Waals surface area (Å²) in [4.78, 5) is 27.4. The van der Waals surface area contributed by atoms with Gasteiger partial charge in [0, 0.05) is 22.5 Å². The molecule has 26 heavy (non-hydrogen) atoms. The molecule has 0 saturated carbocycles. The molecule has 0 radical (unpaired) electrons. The van der Waals surface area contributed by atoms with Crippen molar-refractivity contribution in [3.05, 3.63) is 69.8 Å². The molecule has 0 saturated heterocycles. The van der Waals surface area contributed by atoms with E-state index in [1.165, 1.54) is 6.92 Å². The number of hydrogen-bond acceptors (Lipinski definition) is 3. The normalized spacial score (nSPS) is 12.0. The van der Waals surface area contributed by atoms with Crippen LogP contribution in [0.15, 0.2) is 48.5 Å². The molecule has 5 nitrogen and oxygen atoms in total. The molecule has 0 bridgehead atoms. The Morgan fingerprint density at radius 3 is 2.54 bits per heavy atom. The molecule has 0 aliphatic carbocycles. The molecule has 7 heteroatoms. The molecule has 0 fully saturated rings. The molecule has 3 rings (SSSR count). The van der Waals surface area contributed by atoms with Crippen LogP contribution in [0.25, 0.3) is 10.9 Å². The van der Waals surface area contributed by atoms with E-state index in [4.69, 9.17) is 27.9 Å². The van der Waals surface area contributed by atoms with Crippen molar-refractivity contribution in [1.82, 2.24) is 10.3 Å². The number of rotatable bonds is 5. The average molecular weight is 391 g/mol. The quantitative estimate of drug-likeness (QED) is 0.636. The topological polar surface area (TPSA) is 71.2 Å². The maximum Gasteiger partial charge on any atom is 0.357 e. The van der Waals surface area contributed by atoms with Gasteiger partial charge >= 0.3 is 5.97 Å². The first kappa shape index (κ1) is 18.3. The summed E-state index contributed by atoms with van der Waals surface area (Å²) >= 11 is 12.3. The first-order valence-corrected chi connectivity index (χ1v) is 8.71. The van der Waals surface area contributed by atoms with Crippen molar-refractivity contribution >= 4 is 46.0 Å². The summed E-state index contributed by atoms with van der Waals surface area (Å²) in [6.45, 7) is 1.74. The zero-order chi connectivity index (χ0) is 18.7. The largest absolute Gasteiger partial charge is 0.448 e. The number of nitrogens with one attached hydrogen (secondary N) is 2. The number of ether oxygens (including phenoxy) is 1. The van der Waals surface area contributed by atoms with Crippen molar-refractivity contribution in [2.75, 3.05) is 0 Å². The van der Waals surface area contributed by atoms with Crippen molar-refractivity contribution in [3.63, 3.8) is 0 Å². The summed E-state index contributed by atoms with van der Waals surface area (Å²) in [5, 5.41) is 4.24. The molecule has 134 valence electrons. The Morgan fingerprint density at radius 2 is 1.81 bits per heavy atom. The zero-order valence-electron chi connectivity index (χ0n) is 13.9. The number of halogens is 2. The van der Waals surface area contributed by atoms with Crippen LogP contribution in [-0.2, 0) is 16.1 Å². The molecule has 0 aliphatic heterocycles. The second kappa shape index (κ2) is 7.81. The van der Waals surface area contributed by atoms with E-state index < -0.39 is 18.0 Å². The van der Waals surface area contributed by atoms with Gasteiger partial charge in [-0.1, -0.05) is 59.6 Å². The van der Waals surface area contributed by atoms with Crippen LogP contribution < -0.4 is 5.32 Å². The number of para-hydroxylation sites is 1. The van der Waals surface area contributed by atoms with E-state index >= 15 is 0 Å². The van der Waals surface area contributed by atoms with Gasteiger partial charge in [0.2, 0.25) is 0 Å². The lowest BCUT2D eigenvalue weighted by molar-refractivity contribution is -0.129. The van der Waals surface area contributed by atoms with Gasteiger partial charge in [0.05, 0.1) is 5.02 Å². The minimum Gasteiger partial charge on any atom is -0.448 e. The van der Waals surface area contributed by atoms with Gasteiger partial charge in [0.25, 0.3) is 5.91 Å². The van der Waals surface area contributed by atoms with Gasteiger partial charge in [-0.2, -0.15) is 0 Å². The molecular weight excluding hydrogens is 375 g/mol. The van der Waals surface area contributed by atoms with Gasteiger partial charge in [-0.25, -0.2) is 4.79 Å². The number of esters is 1. The lowest BCUT2D eigenvalue weighted by Gasteiger charge is -2.13. The average Bonchev–Trinajstić information content (AvgIpc) is 2.98. The number of carbonyl (C=O) groups is 2. The van der Waals surface area contributed by atoms with Crippen molar-refractivity contribution in [3.8, 4) is 0 Å². The van der Waals surface area contributed by atoms with Crippen LogP contribution in [0.2, 0.25) is 10.0 Å². The van der Waals surface area contributed by atoms with Gasteiger partial charge in [0.1, 0.15) is 5.69 Å². The number of benzene rings is 2. The van der Waals surface area contributed by atoms with Gasteiger partial charge in [-0.3, -0.25) is 4.79 Å². The Bertz CT molecular complexity index is 968. The Hall–Kier alpha value is -2.50. The summed E-state index contributed by atoms with van der Waals surface area (Å²) in [7, 11) is 0. The van der Waals surface area contributed by atoms with E-state index in [1.54, 1.807) is 18.2 Å². The SMILES string of the molecule is CC(OC(=O)c1[nH]c2ccccc2c1Cl)C(=O)NCc1ccccc1Cl. The maximum absolute atomic E-state index is 12.3. The lowest BCUT2D eigenvalue weighted by atomic mass is 10.2. The number of hydrogen-bond donors (Lipinski definition) is 2. The van der Waals surface area contributed by atoms with Crippen LogP contribution in [0.4, 0.5) is 0 Å². The van der Waals surface area contributed by atoms with Gasteiger partial charge in [-0.15, -0.1) is 0 Å². The maximum atomic E-state index is 12.3. The molecule has 2 N–H and O–H groups in total. The highest BCUT2D eigenvalue weighted by molar-refractivity contribution is 6.38. The van der Waals surface area contributed by atoms with E-state index in [0.29, 0.717) is 5.02 Å². The fourth-order valence-electron chi connectivity index (χ4n) is 2.49. The molecule has 1 amide bonds. The summed E-state index contributed by atoms with van der Waals surface area (Å²) in [5.74, 6) is -1.11. The van der Waals surface area contributed by atoms with Gasteiger partial charge in [-0.05, 0) is 24.6 Å². The molecular formula is C19H16Cl2N2O3. The summed E-state index contributed by atoms with van der Waals surface area (Å²) < 4.78 is 5.23. The molecule has 2 aromatic carbocycles. The van der Waals surface area contributed by atoms with Crippen molar-refractivity contribution in [2.24, 2.45) is 0 Å². The summed E-state index contributed by atoms with van der Waals surface area (Å²) in [5.41, 5.74) is 1.62. The van der Waals surface area contributed by atoms with Crippen LogP contribution in [-0.4, -0.2) is 23.0 Å². The monoisotopic (exact) mass is 390 g/mol. The van der Waals surface area contributed by atoms with E-state index in [9.17, 15) is 9.59 Å². The number of amides is 1. The number of H-pyrrole nitrogens is 1. The molecule has 1 heterocycles. The minimum absolute atomic E-state index is 0.124. The van der Waals surface area contributed by atoms with Crippen LogP contribution in [0.3, 0.4) is 0 Å². The highest BCUT2D eigenvalue weighted by Gasteiger charge is 2.23. The molecule has 3 aromatic rings. The minimum atomic E-state index is -0.979. The fourth-order valence-corrected chi connectivity index (χ4v) is 2.98. The molecule has 0 spiro atoms.